The van der Waals surface area contributed by atoms with Gasteiger partial charge < -0.3 is 14.5 Å². The molecule has 3 aromatic carbocycles. The number of ether oxygens (including phenoxy) is 1. The highest BCUT2D eigenvalue weighted by molar-refractivity contribution is 6.99. The molecule has 3 atom stereocenters. The third-order valence-electron chi connectivity index (χ3n) is 8.06. The Bertz CT molecular complexity index is 1390. The van der Waals surface area contributed by atoms with Crippen molar-refractivity contribution in [3.8, 4) is 0 Å². The number of amides is 2. The summed E-state index contributed by atoms with van der Waals surface area (Å²) in [6.07, 6.45) is -0.608. The minimum Gasteiger partial charge on any atom is -0.458 e. The monoisotopic (exact) mass is 584 g/mol. The highest BCUT2D eigenvalue weighted by atomic mass is 28.4. The van der Waals surface area contributed by atoms with Crippen molar-refractivity contribution in [2.75, 3.05) is 6.54 Å². The molecule has 7 nitrogen and oxygen atoms in total. The molecule has 5 rings (SSSR count). The van der Waals surface area contributed by atoms with E-state index < -0.39 is 38.1 Å². The van der Waals surface area contributed by atoms with Crippen LogP contribution in [0.1, 0.15) is 68.7 Å². The second-order valence-corrected chi connectivity index (χ2v) is 17.4. The van der Waals surface area contributed by atoms with Crippen molar-refractivity contribution in [3.63, 3.8) is 0 Å². The van der Waals surface area contributed by atoms with Crippen molar-refractivity contribution in [1.82, 2.24) is 10.2 Å². The van der Waals surface area contributed by atoms with Gasteiger partial charge in [-0.25, -0.2) is 4.79 Å². The molecule has 0 bridgehead atoms. The van der Waals surface area contributed by atoms with Crippen LogP contribution in [0.25, 0.3) is 0 Å². The summed E-state index contributed by atoms with van der Waals surface area (Å²) in [5, 5.41) is 5.18. The number of nitrogens with one attached hydrogen (secondary N) is 1. The van der Waals surface area contributed by atoms with E-state index in [4.69, 9.17) is 9.16 Å². The summed E-state index contributed by atoms with van der Waals surface area (Å²) in [6, 6.07) is 26.3. The number of benzene rings is 3. The van der Waals surface area contributed by atoms with Gasteiger partial charge in [0.1, 0.15) is 5.60 Å². The molecule has 8 heteroatoms. The number of carbonyl (C=O) groups excluding carboxylic acids is 3. The van der Waals surface area contributed by atoms with Crippen molar-refractivity contribution in [3.05, 3.63) is 96.1 Å². The van der Waals surface area contributed by atoms with Gasteiger partial charge in [0.15, 0.2) is 6.10 Å². The van der Waals surface area contributed by atoms with Crippen molar-refractivity contribution in [2.24, 2.45) is 0 Å². The molecule has 220 valence electrons. The smallest absolute Gasteiger partial charge is 0.336 e. The third-order valence-corrected chi connectivity index (χ3v) is 13.1. The number of nitrogens with zero attached hydrogens (tertiary/aromatic N) is 1. The molecule has 3 aromatic rings. The molecule has 0 spiro atoms. The molecule has 1 fully saturated rings. The Morgan fingerprint density at radius 1 is 0.810 bits per heavy atom. The molecule has 2 amide bonds. The number of hydrogen-bond donors (Lipinski definition) is 1. The Morgan fingerprint density at radius 3 is 1.74 bits per heavy atom. The van der Waals surface area contributed by atoms with Gasteiger partial charge in [-0.3, -0.25) is 14.5 Å². The lowest BCUT2D eigenvalue weighted by Crippen LogP contribution is -2.69. The maximum atomic E-state index is 14.0. The first-order chi connectivity index (χ1) is 19.8. The number of carbonyl (C=O) groups is 3. The Morgan fingerprint density at radius 2 is 1.29 bits per heavy atom. The van der Waals surface area contributed by atoms with E-state index >= 15 is 0 Å². The molecule has 1 unspecified atom stereocenters. The van der Waals surface area contributed by atoms with E-state index in [1.807, 2.05) is 57.2 Å². The maximum Gasteiger partial charge on any atom is 0.336 e. The predicted molar refractivity (Wildman–Crippen MR) is 165 cm³/mol. The zero-order valence-corrected chi connectivity index (χ0v) is 26.2. The summed E-state index contributed by atoms with van der Waals surface area (Å²) in [7, 11) is -3.14. The molecule has 2 heterocycles. The number of esters is 1. The summed E-state index contributed by atoms with van der Waals surface area (Å²) in [5.74, 6) is -1.06. The van der Waals surface area contributed by atoms with Gasteiger partial charge in [0.05, 0.1) is 17.2 Å². The number of imide groups is 1. The molecule has 1 saturated heterocycles. The minimum absolute atomic E-state index is 0.301. The molecule has 1 N–H and O–H groups in total. The Balaban J connectivity index is 1.55. The van der Waals surface area contributed by atoms with Gasteiger partial charge >= 0.3 is 5.97 Å². The van der Waals surface area contributed by atoms with E-state index in [0.717, 1.165) is 10.4 Å². The standard InChI is InChI=1S/C34H40N2O5Si/c1-33(2,3)40-32(39)29(28-21-23(22-35-28)36-30(37)26-19-13-14-20-27(26)31(36)38)41-42(34(4,5)6,24-15-9-7-10-16-24)25-17-11-8-12-18-25/h7-20,23,28-29,35H,21-22H2,1-6H3/t23-,28-,29?/m0/s1. The Labute approximate surface area is 249 Å². The lowest BCUT2D eigenvalue weighted by Gasteiger charge is -2.45. The van der Waals surface area contributed by atoms with Crippen molar-refractivity contribution in [2.45, 2.75) is 76.8 Å². The molecular weight excluding hydrogens is 544 g/mol. The maximum absolute atomic E-state index is 14.0. The van der Waals surface area contributed by atoms with Crippen LogP contribution >= 0.6 is 0 Å². The number of fused-ring (bicyclic) bond motifs is 1. The molecule has 2 aliphatic rings. The average molecular weight is 585 g/mol. The fourth-order valence-electron chi connectivity index (χ4n) is 6.25. The Hall–Kier alpha value is -3.59. The van der Waals surface area contributed by atoms with E-state index in [1.54, 1.807) is 24.3 Å². The molecule has 2 aliphatic heterocycles. The molecule has 0 aromatic heterocycles. The van der Waals surface area contributed by atoms with Crippen LogP contribution in [-0.4, -0.2) is 61.3 Å². The van der Waals surface area contributed by atoms with E-state index in [9.17, 15) is 14.4 Å². The first-order valence-corrected chi connectivity index (χ1v) is 16.5. The number of hydrogen-bond acceptors (Lipinski definition) is 6. The summed E-state index contributed by atoms with van der Waals surface area (Å²) in [4.78, 5) is 41.9. The second kappa shape index (κ2) is 11.2. The van der Waals surface area contributed by atoms with E-state index in [1.165, 1.54) is 4.90 Å². The van der Waals surface area contributed by atoms with Gasteiger partial charge in [-0.2, -0.15) is 0 Å². The topological polar surface area (TPSA) is 84.9 Å². The fraction of sp³-hybridized carbons (Fsp3) is 0.382. The van der Waals surface area contributed by atoms with Gasteiger partial charge in [0, 0.05) is 12.6 Å². The van der Waals surface area contributed by atoms with Crippen LogP contribution in [0.3, 0.4) is 0 Å². The predicted octanol–water partition coefficient (Wildman–Crippen LogP) is 4.30. The fourth-order valence-corrected chi connectivity index (χ4v) is 10.9. The summed E-state index contributed by atoms with van der Waals surface area (Å²) < 4.78 is 13.3. The Kier molecular flexibility index (Phi) is 8.00. The SMILES string of the molecule is CC(C)(C)OC(=O)C(O[Si](c1ccccc1)(c1ccccc1)C(C)(C)C)[C@@H]1C[C@H](N2C(=O)c3ccccc3C2=O)CN1. The molecular formula is C34H40N2O5Si. The van der Waals surface area contributed by atoms with Crippen LogP contribution in [-0.2, 0) is 14.0 Å². The van der Waals surface area contributed by atoms with Crippen LogP contribution in [0.15, 0.2) is 84.9 Å². The lowest BCUT2D eigenvalue weighted by atomic mass is 10.1. The first-order valence-electron chi connectivity index (χ1n) is 14.6. The first kappa shape index (κ1) is 29.9. The summed E-state index contributed by atoms with van der Waals surface area (Å²) in [5.41, 5.74) is 0.0985. The third kappa shape index (κ3) is 5.46. The van der Waals surface area contributed by atoms with E-state index in [-0.39, 0.29) is 16.9 Å². The van der Waals surface area contributed by atoms with Gasteiger partial charge in [-0.05, 0) is 54.7 Å². The van der Waals surface area contributed by atoms with Crippen LogP contribution in [0.5, 0.6) is 0 Å². The number of rotatable bonds is 7. The lowest BCUT2D eigenvalue weighted by molar-refractivity contribution is -0.165. The van der Waals surface area contributed by atoms with E-state index in [2.05, 4.69) is 50.4 Å². The zero-order chi connectivity index (χ0) is 30.3. The van der Waals surface area contributed by atoms with Gasteiger partial charge in [-0.1, -0.05) is 93.6 Å². The zero-order valence-electron chi connectivity index (χ0n) is 25.2. The van der Waals surface area contributed by atoms with Crippen LogP contribution in [0.4, 0.5) is 0 Å². The van der Waals surface area contributed by atoms with E-state index in [0.29, 0.717) is 24.1 Å². The largest absolute Gasteiger partial charge is 0.458 e. The van der Waals surface area contributed by atoms with Crippen molar-refractivity contribution in [1.29, 1.82) is 0 Å². The highest BCUT2D eigenvalue weighted by Crippen LogP contribution is 2.39. The molecule has 0 radical (unpaired) electrons. The second-order valence-electron chi connectivity index (χ2n) is 13.2. The van der Waals surface area contributed by atoms with Crippen LogP contribution in [0, 0.1) is 0 Å². The average Bonchev–Trinajstić information content (AvgIpc) is 3.51. The molecule has 42 heavy (non-hydrogen) atoms. The van der Waals surface area contributed by atoms with Crippen molar-refractivity contribution >= 4 is 36.5 Å². The molecule has 0 aliphatic carbocycles. The molecule has 0 saturated carbocycles. The van der Waals surface area contributed by atoms with Gasteiger partial charge in [0.25, 0.3) is 20.1 Å². The minimum atomic E-state index is -3.14. The summed E-state index contributed by atoms with van der Waals surface area (Å²) >= 11 is 0. The van der Waals surface area contributed by atoms with Crippen LogP contribution in [0.2, 0.25) is 5.04 Å². The van der Waals surface area contributed by atoms with Crippen molar-refractivity contribution < 1.29 is 23.5 Å². The highest BCUT2D eigenvalue weighted by Gasteiger charge is 2.55. The van der Waals surface area contributed by atoms with Gasteiger partial charge in [0.2, 0.25) is 0 Å². The van der Waals surface area contributed by atoms with Gasteiger partial charge in [-0.15, -0.1) is 0 Å². The van der Waals surface area contributed by atoms with Crippen LogP contribution < -0.4 is 15.7 Å². The normalized spacial score (nSPS) is 20.0. The summed E-state index contributed by atoms with van der Waals surface area (Å²) in [6.45, 7) is 12.4. The quantitative estimate of drug-likeness (QED) is 0.253.